The van der Waals surface area contributed by atoms with Gasteiger partial charge < -0.3 is 10.0 Å². The van der Waals surface area contributed by atoms with Gasteiger partial charge in [-0.1, -0.05) is 23.2 Å². The Labute approximate surface area is 190 Å². The Bertz CT molecular complexity index is 1130. The highest BCUT2D eigenvalue weighted by Crippen LogP contribution is 2.32. The van der Waals surface area contributed by atoms with Gasteiger partial charge >= 0.3 is 5.97 Å². The van der Waals surface area contributed by atoms with Gasteiger partial charge in [0.05, 0.1) is 37.9 Å². The first-order chi connectivity index (χ1) is 14.7. The third-order valence-electron chi connectivity index (χ3n) is 4.94. The molecule has 1 fully saturated rings. The van der Waals surface area contributed by atoms with E-state index >= 15 is 0 Å². The molecule has 1 aliphatic heterocycles. The van der Waals surface area contributed by atoms with Crippen LogP contribution in [0.3, 0.4) is 0 Å². The van der Waals surface area contributed by atoms with E-state index in [0.29, 0.717) is 44.8 Å². The fourth-order valence-corrected chi connectivity index (χ4v) is 4.75. The lowest BCUT2D eigenvalue weighted by Gasteiger charge is -2.36. The number of nitrogens with zero attached hydrogens (tertiary/aromatic N) is 3. The Balaban J connectivity index is 1.90. The molecule has 0 aliphatic carbocycles. The minimum absolute atomic E-state index is 0.0387. The van der Waals surface area contributed by atoms with Crippen molar-refractivity contribution in [3.63, 3.8) is 0 Å². The van der Waals surface area contributed by atoms with Gasteiger partial charge in [-0.2, -0.15) is 5.26 Å². The summed E-state index contributed by atoms with van der Waals surface area (Å²) in [5.74, 6) is -1.16. The maximum Gasteiger partial charge on any atom is 0.335 e. The van der Waals surface area contributed by atoms with Crippen molar-refractivity contribution in [1.82, 2.24) is 4.90 Å². The molecule has 3 rings (SSSR count). The van der Waals surface area contributed by atoms with Crippen molar-refractivity contribution in [2.45, 2.75) is 11.3 Å². The lowest BCUT2D eigenvalue weighted by Crippen LogP contribution is -2.46. The molecule has 2 aromatic carbocycles. The first-order valence-corrected chi connectivity index (χ1v) is 11.6. The Hall–Kier alpha value is -2.51. The number of aromatic carboxylic acids is 1. The van der Waals surface area contributed by atoms with Crippen LogP contribution in [-0.2, 0) is 10.0 Å². The van der Waals surface area contributed by atoms with Gasteiger partial charge in [0.25, 0.3) is 10.0 Å². The average molecular weight is 483 g/mol. The number of halogens is 2. The van der Waals surface area contributed by atoms with Crippen LogP contribution in [0.2, 0.25) is 10.0 Å². The number of anilines is 2. The Kier molecular flexibility index (Phi) is 7.28. The molecule has 1 aliphatic rings. The van der Waals surface area contributed by atoms with Gasteiger partial charge in [-0.3, -0.25) is 9.62 Å². The summed E-state index contributed by atoms with van der Waals surface area (Å²) in [6, 6.07) is 10.4. The molecule has 0 aromatic heterocycles. The molecule has 2 aromatic rings. The monoisotopic (exact) mass is 482 g/mol. The standard InChI is InChI=1S/C20H20Cl2N4O4S/c21-16-4-3-15(13-17(16)22)31(29,30)24-18-12-14(20(27)28)2-5-19(18)26-10-8-25(9-11-26)7-1-6-23/h2-5,12-13,24H,1,7-11H2,(H,27,28). The van der Waals surface area contributed by atoms with Crippen LogP contribution in [0, 0.1) is 11.3 Å². The van der Waals surface area contributed by atoms with Crippen LogP contribution in [0.5, 0.6) is 0 Å². The second-order valence-electron chi connectivity index (χ2n) is 6.96. The minimum Gasteiger partial charge on any atom is -0.478 e. The lowest BCUT2D eigenvalue weighted by molar-refractivity contribution is 0.0697. The fraction of sp³-hybridized carbons (Fsp3) is 0.300. The van der Waals surface area contributed by atoms with Crippen molar-refractivity contribution in [2.24, 2.45) is 0 Å². The predicted molar refractivity (Wildman–Crippen MR) is 120 cm³/mol. The van der Waals surface area contributed by atoms with E-state index in [2.05, 4.69) is 15.7 Å². The highest BCUT2D eigenvalue weighted by molar-refractivity contribution is 7.92. The van der Waals surface area contributed by atoms with Gasteiger partial charge in [0.15, 0.2) is 0 Å². The first-order valence-electron chi connectivity index (χ1n) is 9.41. The van der Waals surface area contributed by atoms with E-state index in [1.165, 1.54) is 30.3 Å². The van der Waals surface area contributed by atoms with Crippen molar-refractivity contribution in [3.8, 4) is 6.07 Å². The maximum absolute atomic E-state index is 12.9. The molecule has 1 heterocycles. The van der Waals surface area contributed by atoms with Gasteiger partial charge in [0.1, 0.15) is 0 Å². The summed E-state index contributed by atoms with van der Waals surface area (Å²) < 4.78 is 28.4. The third-order valence-corrected chi connectivity index (χ3v) is 7.04. The summed E-state index contributed by atoms with van der Waals surface area (Å²) >= 11 is 11.8. The van der Waals surface area contributed by atoms with Crippen LogP contribution >= 0.6 is 23.2 Å². The van der Waals surface area contributed by atoms with Crippen LogP contribution < -0.4 is 9.62 Å². The van der Waals surface area contributed by atoms with Crippen LogP contribution in [0.25, 0.3) is 0 Å². The Morgan fingerprint density at radius 2 is 1.81 bits per heavy atom. The van der Waals surface area contributed by atoms with Crippen LogP contribution in [-0.4, -0.2) is 57.1 Å². The maximum atomic E-state index is 12.9. The first kappa shape index (κ1) is 23.2. The van der Waals surface area contributed by atoms with Gasteiger partial charge in [0.2, 0.25) is 0 Å². The Morgan fingerprint density at radius 3 is 2.42 bits per heavy atom. The molecule has 0 bridgehead atoms. The van der Waals surface area contributed by atoms with E-state index in [0.717, 1.165) is 0 Å². The SMILES string of the molecule is N#CCCN1CCN(c2ccc(C(=O)O)cc2NS(=O)(=O)c2ccc(Cl)c(Cl)c2)CC1. The normalized spacial score (nSPS) is 14.8. The summed E-state index contributed by atoms with van der Waals surface area (Å²) in [5.41, 5.74) is 0.702. The van der Waals surface area contributed by atoms with Gasteiger partial charge in [-0.05, 0) is 36.4 Å². The number of hydrogen-bond acceptors (Lipinski definition) is 6. The molecule has 164 valence electrons. The van der Waals surface area contributed by atoms with Gasteiger partial charge in [-0.15, -0.1) is 0 Å². The van der Waals surface area contributed by atoms with Gasteiger partial charge in [-0.25, -0.2) is 13.2 Å². The molecule has 8 nitrogen and oxygen atoms in total. The highest BCUT2D eigenvalue weighted by atomic mass is 35.5. The van der Waals surface area contributed by atoms with Crippen molar-refractivity contribution >= 4 is 50.6 Å². The summed E-state index contributed by atoms with van der Waals surface area (Å²) in [6.07, 6.45) is 0.446. The number of nitrogens with one attached hydrogen (secondary N) is 1. The molecule has 11 heteroatoms. The molecule has 0 atom stereocenters. The van der Waals surface area contributed by atoms with E-state index in [9.17, 15) is 18.3 Å². The summed E-state index contributed by atoms with van der Waals surface area (Å²) in [5, 5.41) is 18.4. The molecular weight excluding hydrogens is 463 g/mol. The molecule has 0 spiro atoms. The topological polar surface area (TPSA) is 114 Å². The number of sulfonamides is 1. The predicted octanol–water partition coefficient (Wildman–Crippen LogP) is 3.53. The number of rotatable bonds is 7. The lowest BCUT2D eigenvalue weighted by atomic mass is 10.1. The van der Waals surface area contributed by atoms with E-state index in [1.807, 2.05) is 4.90 Å². The fourth-order valence-electron chi connectivity index (χ4n) is 3.29. The number of hydrogen-bond donors (Lipinski definition) is 2. The zero-order valence-corrected chi connectivity index (χ0v) is 18.7. The molecular formula is C20H20Cl2N4O4S. The number of carboxylic acid groups (broad SMARTS) is 1. The molecule has 0 saturated carbocycles. The molecule has 31 heavy (non-hydrogen) atoms. The number of nitriles is 1. The second kappa shape index (κ2) is 9.75. The van der Waals surface area contributed by atoms with Crippen LogP contribution in [0.4, 0.5) is 11.4 Å². The van der Waals surface area contributed by atoms with Crippen molar-refractivity contribution in [1.29, 1.82) is 5.26 Å². The second-order valence-corrected chi connectivity index (χ2v) is 9.45. The van der Waals surface area contributed by atoms with E-state index in [1.54, 1.807) is 6.07 Å². The molecule has 0 amide bonds. The third kappa shape index (κ3) is 5.60. The van der Waals surface area contributed by atoms with E-state index < -0.39 is 16.0 Å². The largest absolute Gasteiger partial charge is 0.478 e. The molecule has 1 saturated heterocycles. The smallest absolute Gasteiger partial charge is 0.335 e. The number of piperazine rings is 1. The van der Waals surface area contributed by atoms with Gasteiger partial charge in [0, 0.05) is 39.1 Å². The van der Waals surface area contributed by atoms with E-state index in [4.69, 9.17) is 28.5 Å². The summed E-state index contributed by atoms with van der Waals surface area (Å²) in [6.45, 7) is 3.32. The van der Waals surface area contributed by atoms with Crippen molar-refractivity contribution in [3.05, 3.63) is 52.0 Å². The van der Waals surface area contributed by atoms with E-state index in [-0.39, 0.29) is 26.2 Å². The number of carbonyl (C=O) groups is 1. The van der Waals surface area contributed by atoms with Crippen LogP contribution in [0.1, 0.15) is 16.8 Å². The van der Waals surface area contributed by atoms with Crippen molar-refractivity contribution < 1.29 is 18.3 Å². The summed E-state index contributed by atoms with van der Waals surface area (Å²) in [7, 11) is -4.04. The highest BCUT2D eigenvalue weighted by Gasteiger charge is 2.23. The quantitative estimate of drug-likeness (QED) is 0.620. The Morgan fingerprint density at radius 1 is 1.10 bits per heavy atom. The molecule has 2 N–H and O–H groups in total. The number of carboxylic acids is 1. The number of benzene rings is 2. The van der Waals surface area contributed by atoms with Crippen LogP contribution in [0.15, 0.2) is 41.3 Å². The molecule has 0 radical (unpaired) electrons. The zero-order chi connectivity index (χ0) is 22.6. The minimum atomic E-state index is -4.04. The average Bonchev–Trinajstić information content (AvgIpc) is 2.74. The zero-order valence-electron chi connectivity index (χ0n) is 16.4. The summed E-state index contributed by atoms with van der Waals surface area (Å²) in [4.78, 5) is 15.5. The molecule has 0 unspecified atom stereocenters. The van der Waals surface area contributed by atoms with Crippen molar-refractivity contribution in [2.75, 3.05) is 42.3 Å².